The third-order valence-corrected chi connectivity index (χ3v) is 3.03. The van der Waals surface area contributed by atoms with Gasteiger partial charge in [0.05, 0.1) is 6.61 Å². The van der Waals surface area contributed by atoms with Crippen LogP contribution in [-0.2, 0) is 4.74 Å². The highest BCUT2D eigenvalue weighted by atomic mass is 16.6. The number of terminal acetylenes is 1. The van der Waals surface area contributed by atoms with E-state index in [1.807, 2.05) is 4.98 Å². The van der Waals surface area contributed by atoms with Gasteiger partial charge in [-0.05, 0) is 0 Å². The number of hydrogen-bond acceptors (Lipinski definition) is 6. The van der Waals surface area contributed by atoms with Crippen LogP contribution in [0.5, 0.6) is 0 Å². The van der Waals surface area contributed by atoms with Crippen LogP contribution in [0.4, 0.5) is 0 Å². The molecule has 8 nitrogen and oxygen atoms in total. The summed E-state index contributed by atoms with van der Waals surface area (Å²) < 4.78 is 6.11. The molecule has 0 aliphatic carbocycles. The van der Waals surface area contributed by atoms with Gasteiger partial charge in [-0.3, -0.25) is 14.3 Å². The fourth-order valence-corrected chi connectivity index (χ4v) is 1.93. The van der Waals surface area contributed by atoms with Gasteiger partial charge in [0.2, 0.25) is 0 Å². The van der Waals surface area contributed by atoms with E-state index >= 15 is 0 Å². The number of hydrogen-bond donors (Lipinski definition) is 4. The number of aliphatic hydroxyl groups excluding tert-OH is 3. The Kier molecular flexibility index (Phi) is 3.30. The normalized spacial score (nSPS) is 34.1. The standard InChI is InChI=1S/C11H12N2O6/c1-2-11(5-14)8(17)7(16)9(19-11)13-4-3-6(15)12-10(13)18/h1,3-4,7-9,14,16-17H,5H2,(H,12,15,18)/t7-,8?,9+,11+/m0/s1. The molecule has 0 aromatic carbocycles. The molecule has 1 aromatic rings. The van der Waals surface area contributed by atoms with E-state index in [-0.39, 0.29) is 0 Å². The lowest BCUT2D eigenvalue weighted by Crippen LogP contribution is -2.45. The Morgan fingerprint density at radius 3 is 2.68 bits per heavy atom. The highest BCUT2D eigenvalue weighted by Crippen LogP contribution is 2.35. The van der Waals surface area contributed by atoms with E-state index in [1.54, 1.807) is 0 Å². The summed E-state index contributed by atoms with van der Waals surface area (Å²) in [6.45, 7) is -0.726. The first-order valence-corrected chi connectivity index (χ1v) is 5.39. The summed E-state index contributed by atoms with van der Waals surface area (Å²) in [6, 6.07) is 1.05. The molecule has 2 rings (SSSR count). The summed E-state index contributed by atoms with van der Waals surface area (Å²) in [6.07, 6.45) is 1.90. The quantitative estimate of drug-likeness (QED) is 0.428. The Labute approximate surface area is 106 Å². The van der Waals surface area contributed by atoms with Crippen molar-refractivity contribution in [3.63, 3.8) is 0 Å². The van der Waals surface area contributed by atoms with Crippen molar-refractivity contribution in [1.29, 1.82) is 0 Å². The summed E-state index contributed by atoms with van der Waals surface area (Å²) in [5.74, 6) is 2.07. The first kappa shape index (κ1) is 13.5. The van der Waals surface area contributed by atoms with E-state index in [1.165, 1.54) is 0 Å². The van der Waals surface area contributed by atoms with Crippen molar-refractivity contribution in [2.75, 3.05) is 6.61 Å². The van der Waals surface area contributed by atoms with E-state index in [0.717, 1.165) is 16.8 Å². The molecule has 1 fully saturated rings. The molecule has 102 valence electrons. The summed E-state index contributed by atoms with van der Waals surface area (Å²) >= 11 is 0. The predicted molar refractivity (Wildman–Crippen MR) is 62.1 cm³/mol. The average Bonchev–Trinajstić information content (AvgIpc) is 2.64. The van der Waals surface area contributed by atoms with Gasteiger partial charge in [0, 0.05) is 12.3 Å². The van der Waals surface area contributed by atoms with Gasteiger partial charge in [0.15, 0.2) is 11.8 Å². The molecule has 19 heavy (non-hydrogen) atoms. The Hall–Kier alpha value is -1.92. The smallest absolute Gasteiger partial charge is 0.330 e. The third-order valence-electron chi connectivity index (χ3n) is 3.03. The Morgan fingerprint density at radius 2 is 2.21 bits per heavy atom. The molecule has 1 aromatic heterocycles. The Balaban J connectivity index is 2.46. The zero-order valence-electron chi connectivity index (χ0n) is 9.68. The van der Waals surface area contributed by atoms with Crippen molar-refractivity contribution in [3.8, 4) is 12.3 Å². The molecule has 4 N–H and O–H groups in total. The first-order valence-electron chi connectivity index (χ1n) is 5.39. The Bertz CT molecular complexity index is 629. The van der Waals surface area contributed by atoms with E-state index in [4.69, 9.17) is 11.2 Å². The van der Waals surface area contributed by atoms with Crippen molar-refractivity contribution in [1.82, 2.24) is 9.55 Å². The summed E-state index contributed by atoms with van der Waals surface area (Å²) in [5.41, 5.74) is -3.23. The summed E-state index contributed by atoms with van der Waals surface area (Å²) in [4.78, 5) is 24.5. The molecular weight excluding hydrogens is 256 g/mol. The molecule has 0 spiro atoms. The summed E-state index contributed by atoms with van der Waals surface area (Å²) in [5, 5.41) is 28.9. The second-order valence-corrected chi connectivity index (χ2v) is 4.15. The van der Waals surface area contributed by atoms with E-state index < -0.39 is 41.9 Å². The number of H-pyrrole nitrogens is 1. The second kappa shape index (κ2) is 4.64. The number of ether oxygens (including phenoxy) is 1. The molecule has 4 atom stereocenters. The van der Waals surface area contributed by atoms with E-state index in [9.17, 15) is 24.9 Å². The van der Waals surface area contributed by atoms with Gasteiger partial charge < -0.3 is 20.1 Å². The molecule has 1 saturated heterocycles. The maximum Gasteiger partial charge on any atom is 0.330 e. The van der Waals surface area contributed by atoms with Crippen LogP contribution in [0.15, 0.2) is 21.9 Å². The first-order chi connectivity index (χ1) is 8.95. The minimum atomic E-state index is -1.79. The highest BCUT2D eigenvalue weighted by molar-refractivity contribution is 5.18. The van der Waals surface area contributed by atoms with Gasteiger partial charge in [0.25, 0.3) is 5.56 Å². The second-order valence-electron chi connectivity index (χ2n) is 4.15. The number of aromatic nitrogens is 2. The molecular formula is C11H12N2O6. The number of aromatic amines is 1. The minimum absolute atomic E-state index is 0.611. The third kappa shape index (κ3) is 1.98. The molecule has 1 unspecified atom stereocenters. The summed E-state index contributed by atoms with van der Waals surface area (Å²) in [7, 11) is 0. The lowest BCUT2D eigenvalue weighted by molar-refractivity contribution is -0.0936. The van der Waals surface area contributed by atoms with Crippen LogP contribution in [0, 0.1) is 12.3 Å². The van der Waals surface area contributed by atoms with Crippen molar-refractivity contribution < 1.29 is 20.1 Å². The molecule has 1 aliphatic heterocycles. The van der Waals surface area contributed by atoms with Crippen LogP contribution in [0.1, 0.15) is 6.23 Å². The Morgan fingerprint density at radius 1 is 1.53 bits per heavy atom. The minimum Gasteiger partial charge on any atom is -0.392 e. The largest absolute Gasteiger partial charge is 0.392 e. The molecule has 1 aliphatic rings. The van der Waals surface area contributed by atoms with Crippen molar-refractivity contribution in [3.05, 3.63) is 33.1 Å². The monoisotopic (exact) mass is 268 g/mol. The number of nitrogens with zero attached hydrogens (tertiary/aromatic N) is 1. The van der Waals surface area contributed by atoms with Gasteiger partial charge in [-0.2, -0.15) is 0 Å². The maximum absolute atomic E-state index is 11.6. The van der Waals surface area contributed by atoms with Crippen LogP contribution >= 0.6 is 0 Å². The van der Waals surface area contributed by atoms with Crippen LogP contribution < -0.4 is 11.2 Å². The van der Waals surface area contributed by atoms with Gasteiger partial charge in [0.1, 0.15) is 12.2 Å². The van der Waals surface area contributed by atoms with Crippen LogP contribution in [0.2, 0.25) is 0 Å². The molecule has 0 amide bonds. The van der Waals surface area contributed by atoms with Gasteiger partial charge in [-0.15, -0.1) is 6.42 Å². The van der Waals surface area contributed by atoms with Gasteiger partial charge in [-0.1, -0.05) is 5.92 Å². The van der Waals surface area contributed by atoms with Crippen LogP contribution in [0.3, 0.4) is 0 Å². The van der Waals surface area contributed by atoms with E-state index in [0.29, 0.717) is 0 Å². The molecule has 0 bridgehead atoms. The molecule has 0 radical (unpaired) electrons. The fraction of sp³-hybridized carbons (Fsp3) is 0.455. The maximum atomic E-state index is 11.6. The zero-order valence-corrected chi connectivity index (χ0v) is 9.68. The number of aliphatic hydroxyl groups is 3. The van der Waals surface area contributed by atoms with Gasteiger partial charge in [-0.25, -0.2) is 4.79 Å². The van der Waals surface area contributed by atoms with Crippen molar-refractivity contribution in [2.45, 2.75) is 24.0 Å². The highest BCUT2D eigenvalue weighted by Gasteiger charge is 2.54. The van der Waals surface area contributed by atoms with Crippen molar-refractivity contribution in [2.24, 2.45) is 0 Å². The molecule has 8 heteroatoms. The number of nitrogens with one attached hydrogen (secondary N) is 1. The predicted octanol–water partition coefficient (Wildman–Crippen LogP) is -2.85. The topological polar surface area (TPSA) is 125 Å². The van der Waals surface area contributed by atoms with Crippen LogP contribution in [-0.4, -0.2) is 49.3 Å². The number of rotatable bonds is 2. The lowest BCUT2D eigenvalue weighted by Gasteiger charge is -2.23. The molecule has 0 saturated carbocycles. The van der Waals surface area contributed by atoms with Crippen LogP contribution in [0.25, 0.3) is 0 Å². The lowest BCUT2D eigenvalue weighted by atomic mass is 9.97. The average molecular weight is 268 g/mol. The van der Waals surface area contributed by atoms with Crippen molar-refractivity contribution >= 4 is 0 Å². The zero-order chi connectivity index (χ0) is 14.2. The fourth-order valence-electron chi connectivity index (χ4n) is 1.93. The van der Waals surface area contributed by atoms with Gasteiger partial charge >= 0.3 is 5.69 Å². The molecule has 2 heterocycles. The van der Waals surface area contributed by atoms with E-state index in [2.05, 4.69) is 5.92 Å². The SMILES string of the molecule is C#C[C@]1(CO)O[C@@H](n2ccc(=O)[nH]c2=O)[C@@H](O)C1O.